The summed E-state index contributed by atoms with van der Waals surface area (Å²) in [7, 11) is 0. The van der Waals surface area contributed by atoms with Crippen LogP contribution in [0.5, 0.6) is 0 Å². The predicted octanol–water partition coefficient (Wildman–Crippen LogP) is 2.22. The molecule has 0 fully saturated rings. The number of benzene rings is 1. The minimum Gasteiger partial charge on any atom is -0.406 e. The van der Waals surface area contributed by atoms with Crippen LogP contribution in [0.4, 0.5) is 11.7 Å². The van der Waals surface area contributed by atoms with E-state index in [0.717, 1.165) is 18.5 Å². The summed E-state index contributed by atoms with van der Waals surface area (Å²) < 4.78 is 5.31. The Labute approximate surface area is 100 Å². The van der Waals surface area contributed by atoms with Gasteiger partial charge in [0.15, 0.2) is 0 Å². The smallest absolute Gasteiger partial charge is 0.320 e. The van der Waals surface area contributed by atoms with Crippen molar-refractivity contribution in [1.82, 2.24) is 10.2 Å². The summed E-state index contributed by atoms with van der Waals surface area (Å²) >= 11 is 0. The number of nitrogens with one attached hydrogen (secondary N) is 1. The van der Waals surface area contributed by atoms with Gasteiger partial charge in [-0.25, -0.2) is 0 Å². The molecular weight excluding hydrogens is 216 g/mol. The number of hydrogen-bond donors (Lipinski definition) is 2. The molecule has 0 spiro atoms. The van der Waals surface area contributed by atoms with Gasteiger partial charge in [-0.2, -0.15) is 0 Å². The van der Waals surface area contributed by atoms with Crippen LogP contribution in [0, 0.1) is 0 Å². The summed E-state index contributed by atoms with van der Waals surface area (Å²) in [5.41, 5.74) is 7.65. The van der Waals surface area contributed by atoms with Gasteiger partial charge in [-0.3, -0.25) is 0 Å². The molecule has 0 saturated carbocycles. The third-order valence-corrected chi connectivity index (χ3v) is 2.42. The lowest BCUT2D eigenvalue weighted by Gasteiger charge is -2.07. The average molecular weight is 232 g/mol. The van der Waals surface area contributed by atoms with E-state index < -0.39 is 0 Å². The monoisotopic (exact) mass is 232 g/mol. The molecule has 0 atom stereocenters. The zero-order valence-corrected chi connectivity index (χ0v) is 9.81. The predicted molar refractivity (Wildman–Crippen MR) is 65.9 cm³/mol. The molecule has 17 heavy (non-hydrogen) atoms. The Balaban J connectivity index is 2.17. The molecule has 3 N–H and O–H groups in total. The second kappa shape index (κ2) is 5.45. The van der Waals surface area contributed by atoms with Crippen LogP contribution < -0.4 is 11.1 Å². The molecule has 2 aromatic rings. The highest BCUT2D eigenvalue weighted by atomic mass is 16.4. The highest BCUT2D eigenvalue weighted by Crippen LogP contribution is 2.21. The van der Waals surface area contributed by atoms with E-state index in [4.69, 9.17) is 10.2 Å². The second-order valence-corrected chi connectivity index (χ2v) is 3.74. The van der Waals surface area contributed by atoms with Gasteiger partial charge in [0.25, 0.3) is 0 Å². The van der Waals surface area contributed by atoms with Crippen molar-refractivity contribution in [2.24, 2.45) is 5.73 Å². The number of nitrogens with zero attached hydrogens (tertiary/aromatic N) is 2. The van der Waals surface area contributed by atoms with E-state index in [2.05, 4.69) is 28.5 Å². The molecule has 1 aromatic heterocycles. The summed E-state index contributed by atoms with van der Waals surface area (Å²) in [6.45, 7) is 2.40. The standard InChI is InChI=1S/C12H16N4O/c1-2-5-9-6-3-4-7-10(9)14-12-16-15-11(8-13)17-12/h3-4,6-7H,2,5,8,13H2,1H3,(H,14,16). The molecule has 90 valence electrons. The van der Waals surface area contributed by atoms with Crippen molar-refractivity contribution >= 4 is 11.7 Å². The van der Waals surface area contributed by atoms with Gasteiger partial charge in [0.2, 0.25) is 5.89 Å². The van der Waals surface area contributed by atoms with Crippen molar-refractivity contribution in [1.29, 1.82) is 0 Å². The van der Waals surface area contributed by atoms with Crippen molar-refractivity contribution in [2.75, 3.05) is 5.32 Å². The molecular formula is C12H16N4O. The number of hydrogen-bond acceptors (Lipinski definition) is 5. The number of para-hydroxylation sites is 1. The summed E-state index contributed by atoms with van der Waals surface area (Å²) in [6.07, 6.45) is 2.11. The Bertz CT molecular complexity index is 481. The van der Waals surface area contributed by atoms with E-state index in [1.54, 1.807) is 0 Å². The Hall–Kier alpha value is -1.88. The molecule has 2 rings (SSSR count). The third-order valence-electron chi connectivity index (χ3n) is 2.42. The first-order chi connectivity index (χ1) is 8.33. The maximum Gasteiger partial charge on any atom is 0.320 e. The maximum atomic E-state index is 5.41. The van der Waals surface area contributed by atoms with Crippen molar-refractivity contribution in [3.8, 4) is 0 Å². The van der Waals surface area contributed by atoms with Crippen molar-refractivity contribution in [3.63, 3.8) is 0 Å². The van der Waals surface area contributed by atoms with Gasteiger partial charge in [-0.15, -0.1) is 5.10 Å². The molecule has 0 amide bonds. The largest absolute Gasteiger partial charge is 0.406 e. The Kier molecular flexibility index (Phi) is 3.72. The quantitative estimate of drug-likeness (QED) is 0.826. The van der Waals surface area contributed by atoms with E-state index in [0.29, 0.717) is 11.9 Å². The van der Waals surface area contributed by atoms with Crippen LogP contribution in [0.1, 0.15) is 24.8 Å². The summed E-state index contributed by atoms with van der Waals surface area (Å²) in [5.74, 6) is 0.431. The number of aryl methyl sites for hydroxylation is 1. The summed E-state index contributed by atoms with van der Waals surface area (Å²) in [4.78, 5) is 0. The Morgan fingerprint density at radius 2 is 2.12 bits per heavy atom. The van der Waals surface area contributed by atoms with Crippen molar-refractivity contribution < 1.29 is 4.42 Å². The van der Waals surface area contributed by atoms with Crippen LogP contribution >= 0.6 is 0 Å². The van der Waals surface area contributed by atoms with Crippen molar-refractivity contribution in [2.45, 2.75) is 26.3 Å². The van der Waals surface area contributed by atoms with Gasteiger partial charge in [0, 0.05) is 5.69 Å². The van der Waals surface area contributed by atoms with Crippen LogP contribution in [0.2, 0.25) is 0 Å². The zero-order valence-electron chi connectivity index (χ0n) is 9.81. The van der Waals surface area contributed by atoms with Crippen LogP contribution in [-0.2, 0) is 13.0 Å². The molecule has 5 heteroatoms. The highest BCUT2D eigenvalue weighted by molar-refractivity contribution is 5.57. The molecule has 1 aromatic carbocycles. The van der Waals surface area contributed by atoms with E-state index in [-0.39, 0.29) is 6.54 Å². The summed E-state index contributed by atoms with van der Waals surface area (Å²) in [5, 5.41) is 10.8. The SMILES string of the molecule is CCCc1ccccc1Nc1nnc(CN)o1. The van der Waals surface area contributed by atoms with Crippen LogP contribution in [0.15, 0.2) is 28.7 Å². The molecule has 0 bridgehead atoms. The Morgan fingerprint density at radius 1 is 1.29 bits per heavy atom. The lowest BCUT2D eigenvalue weighted by Crippen LogP contribution is -1.96. The fourth-order valence-electron chi connectivity index (χ4n) is 1.63. The topological polar surface area (TPSA) is 77.0 Å². The third kappa shape index (κ3) is 2.82. The minimum absolute atomic E-state index is 0.255. The van der Waals surface area contributed by atoms with E-state index in [1.807, 2.05) is 18.2 Å². The molecule has 1 heterocycles. The van der Waals surface area contributed by atoms with E-state index in [9.17, 15) is 0 Å². The maximum absolute atomic E-state index is 5.41. The summed E-state index contributed by atoms with van der Waals surface area (Å²) in [6, 6.07) is 8.47. The van der Waals surface area contributed by atoms with Gasteiger partial charge in [0.1, 0.15) is 0 Å². The lowest BCUT2D eigenvalue weighted by molar-refractivity contribution is 0.511. The fraction of sp³-hybridized carbons (Fsp3) is 0.333. The number of anilines is 2. The number of aromatic nitrogens is 2. The van der Waals surface area contributed by atoms with Crippen molar-refractivity contribution in [3.05, 3.63) is 35.7 Å². The van der Waals surface area contributed by atoms with Gasteiger partial charge < -0.3 is 15.5 Å². The second-order valence-electron chi connectivity index (χ2n) is 3.74. The molecule has 0 aliphatic heterocycles. The molecule has 0 aliphatic carbocycles. The normalized spacial score (nSPS) is 10.5. The highest BCUT2D eigenvalue weighted by Gasteiger charge is 2.06. The van der Waals surface area contributed by atoms with E-state index >= 15 is 0 Å². The Morgan fingerprint density at radius 3 is 2.82 bits per heavy atom. The molecule has 0 saturated heterocycles. The molecule has 5 nitrogen and oxygen atoms in total. The first-order valence-electron chi connectivity index (χ1n) is 5.71. The first-order valence-corrected chi connectivity index (χ1v) is 5.71. The van der Waals surface area contributed by atoms with Crippen LogP contribution in [-0.4, -0.2) is 10.2 Å². The first kappa shape index (κ1) is 11.6. The van der Waals surface area contributed by atoms with Gasteiger partial charge >= 0.3 is 6.01 Å². The number of nitrogens with two attached hydrogens (primary N) is 1. The molecule has 0 radical (unpaired) electrons. The van der Waals surface area contributed by atoms with Gasteiger partial charge in [0.05, 0.1) is 6.54 Å². The fourth-order valence-corrected chi connectivity index (χ4v) is 1.63. The van der Waals surface area contributed by atoms with Gasteiger partial charge in [-0.1, -0.05) is 36.6 Å². The number of rotatable bonds is 5. The minimum atomic E-state index is 0.255. The zero-order chi connectivity index (χ0) is 12.1. The van der Waals surface area contributed by atoms with Crippen LogP contribution in [0.3, 0.4) is 0 Å². The molecule has 0 unspecified atom stereocenters. The van der Waals surface area contributed by atoms with Gasteiger partial charge in [-0.05, 0) is 18.1 Å². The van der Waals surface area contributed by atoms with Crippen LogP contribution in [0.25, 0.3) is 0 Å². The molecule has 0 aliphatic rings. The lowest BCUT2D eigenvalue weighted by atomic mass is 10.1. The average Bonchev–Trinajstić information content (AvgIpc) is 2.80. The van der Waals surface area contributed by atoms with E-state index in [1.165, 1.54) is 5.56 Å².